The summed E-state index contributed by atoms with van der Waals surface area (Å²) in [5, 5.41) is 26.9. The van der Waals surface area contributed by atoms with Crippen LogP contribution in [0.2, 0.25) is 0 Å². The van der Waals surface area contributed by atoms with Crippen LogP contribution in [-0.4, -0.2) is 34.4 Å². The Kier molecular flexibility index (Phi) is 4.14. The molecule has 3 N–H and O–H groups in total. The molecule has 2 aromatic heterocycles. The van der Waals surface area contributed by atoms with E-state index in [4.69, 9.17) is 9.78 Å². The fraction of sp³-hybridized carbons (Fsp3) is 0.333. The summed E-state index contributed by atoms with van der Waals surface area (Å²) in [6.45, 7) is 3.74. The van der Waals surface area contributed by atoms with E-state index in [0.717, 1.165) is 42.6 Å². The number of nitrogens with zero attached hydrogens (tertiary/aromatic N) is 3. The highest BCUT2D eigenvalue weighted by molar-refractivity contribution is 6.06. The maximum Gasteiger partial charge on any atom is 0.295 e. The first kappa shape index (κ1) is 16.3. The van der Waals surface area contributed by atoms with Crippen molar-refractivity contribution >= 4 is 22.6 Å². The molecule has 0 bridgehead atoms. The van der Waals surface area contributed by atoms with Crippen LogP contribution in [0, 0.1) is 18.3 Å². The van der Waals surface area contributed by atoms with Crippen molar-refractivity contribution in [1.82, 2.24) is 20.7 Å². The van der Waals surface area contributed by atoms with Gasteiger partial charge >= 0.3 is 0 Å². The number of anilines is 1. The Labute approximate surface area is 149 Å². The van der Waals surface area contributed by atoms with Crippen LogP contribution in [0.1, 0.15) is 46.1 Å². The number of aryl methyl sites for hydroxylation is 1. The number of H-pyrrole nitrogens is 1. The van der Waals surface area contributed by atoms with E-state index in [1.54, 1.807) is 12.1 Å². The van der Waals surface area contributed by atoms with Crippen molar-refractivity contribution in [2.75, 3.05) is 18.4 Å². The first-order valence-electron chi connectivity index (χ1n) is 8.53. The van der Waals surface area contributed by atoms with Crippen LogP contribution < -0.4 is 10.6 Å². The van der Waals surface area contributed by atoms with E-state index in [9.17, 15) is 4.79 Å². The molecule has 8 nitrogen and oxygen atoms in total. The second-order valence-electron chi connectivity index (χ2n) is 6.49. The van der Waals surface area contributed by atoms with Gasteiger partial charge in [-0.15, -0.1) is 0 Å². The zero-order valence-corrected chi connectivity index (χ0v) is 14.3. The molecule has 1 aromatic carbocycles. The second-order valence-corrected chi connectivity index (χ2v) is 6.49. The average molecular weight is 350 g/mol. The van der Waals surface area contributed by atoms with Gasteiger partial charge in [0.15, 0.2) is 5.82 Å². The smallest absolute Gasteiger partial charge is 0.295 e. The summed E-state index contributed by atoms with van der Waals surface area (Å²) in [7, 11) is 0. The number of piperidine rings is 1. The average Bonchev–Trinajstić information content (AvgIpc) is 3.30. The zero-order chi connectivity index (χ0) is 18.1. The Balaban J connectivity index is 1.55. The molecule has 0 saturated carbocycles. The molecule has 0 aliphatic carbocycles. The van der Waals surface area contributed by atoms with Crippen molar-refractivity contribution in [2.24, 2.45) is 0 Å². The first-order chi connectivity index (χ1) is 12.7. The number of aromatic nitrogens is 3. The number of nitriles is 1. The fourth-order valence-corrected chi connectivity index (χ4v) is 3.26. The van der Waals surface area contributed by atoms with E-state index in [1.807, 2.05) is 13.0 Å². The molecule has 1 saturated heterocycles. The Hall–Kier alpha value is -3.18. The van der Waals surface area contributed by atoms with Crippen LogP contribution in [0.4, 0.5) is 5.82 Å². The molecular formula is C18H18N6O2. The summed E-state index contributed by atoms with van der Waals surface area (Å²) in [4.78, 5) is 12.5. The van der Waals surface area contributed by atoms with Gasteiger partial charge in [-0.2, -0.15) is 10.4 Å². The van der Waals surface area contributed by atoms with Crippen molar-refractivity contribution < 1.29 is 9.32 Å². The van der Waals surface area contributed by atoms with Crippen LogP contribution in [0.15, 0.2) is 22.7 Å². The first-order valence-corrected chi connectivity index (χ1v) is 8.53. The third-order valence-corrected chi connectivity index (χ3v) is 4.77. The third kappa shape index (κ3) is 2.93. The number of carbonyl (C=O) groups excluding carboxylic acids is 1. The molecule has 4 rings (SSSR count). The number of carbonyl (C=O) groups is 1. The molecule has 0 unspecified atom stereocenters. The highest BCUT2D eigenvalue weighted by Crippen LogP contribution is 2.26. The number of amides is 1. The molecule has 132 valence electrons. The molecule has 3 aromatic rings. The zero-order valence-electron chi connectivity index (χ0n) is 14.3. The Bertz CT molecular complexity index is 1010. The van der Waals surface area contributed by atoms with Crippen molar-refractivity contribution in [1.29, 1.82) is 5.26 Å². The molecule has 1 fully saturated rings. The molecule has 1 aliphatic rings. The second kappa shape index (κ2) is 6.61. The van der Waals surface area contributed by atoms with Gasteiger partial charge in [0.05, 0.1) is 22.8 Å². The largest absolute Gasteiger partial charge is 0.351 e. The van der Waals surface area contributed by atoms with E-state index in [2.05, 4.69) is 32.1 Å². The van der Waals surface area contributed by atoms with Gasteiger partial charge in [-0.05, 0) is 50.6 Å². The molecule has 26 heavy (non-hydrogen) atoms. The number of fused-ring (bicyclic) bond motifs is 1. The lowest BCUT2D eigenvalue weighted by molar-refractivity contribution is 0.0987. The molecule has 1 aliphatic heterocycles. The van der Waals surface area contributed by atoms with Crippen molar-refractivity contribution in [3.05, 3.63) is 40.8 Å². The SMILES string of the molecule is Cc1cc2c(NC(=O)c3cc(C4CCNCC4)no3)n[nH]c2cc1C#N. The van der Waals surface area contributed by atoms with Gasteiger partial charge in [-0.1, -0.05) is 5.16 Å². The Morgan fingerprint density at radius 1 is 1.35 bits per heavy atom. The number of aromatic amines is 1. The summed E-state index contributed by atoms with van der Waals surface area (Å²) >= 11 is 0. The summed E-state index contributed by atoms with van der Waals surface area (Å²) in [6.07, 6.45) is 1.97. The van der Waals surface area contributed by atoms with Crippen LogP contribution in [0.3, 0.4) is 0 Å². The number of benzene rings is 1. The minimum absolute atomic E-state index is 0.167. The van der Waals surface area contributed by atoms with Gasteiger partial charge in [0.2, 0.25) is 5.76 Å². The van der Waals surface area contributed by atoms with Gasteiger partial charge < -0.3 is 15.2 Å². The molecule has 0 atom stereocenters. The lowest BCUT2D eigenvalue weighted by atomic mass is 9.94. The summed E-state index contributed by atoms with van der Waals surface area (Å²) in [5.74, 6) is 0.491. The topological polar surface area (TPSA) is 120 Å². The van der Waals surface area contributed by atoms with Crippen LogP contribution in [-0.2, 0) is 0 Å². The van der Waals surface area contributed by atoms with Crippen molar-refractivity contribution in [3.8, 4) is 6.07 Å². The normalized spacial score (nSPS) is 15.1. The fourth-order valence-electron chi connectivity index (χ4n) is 3.26. The Morgan fingerprint density at radius 3 is 2.92 bits per heavy atom. The van der Waals surface area contributed by atoms with Crippen LogP contribution in [0.25, 0.3) is 10.9 Å². The summed E-state index contributed by atoms with van der Waals surface area (Å²) in [6, 6.07) is 7.39. The lowest BCUT2D eigenvalue weighted by Crippen LogP contribution is -2.26. The van der Waals surface area contributed by atoms with Gasteiger partial charge in [0.25, 0.3) is 5.91 Å². The number of hydrogen-bond acceptors (Lipinski definition) is 6. The number of hydrogen-bond donors (Lipinski definition) is 3. The minimum atomic E-state index is -0.395. The maximum atomic E-state index is 12.5. The molecule has 8 heteroatoms. The van der Waals surface area contributed by atoms with E-state index >= 15 is 0 Å². The molecular weight excluding hydrogens is 332 g/mol. The molecule has 3 heterocycles. The van der Waals surface area contributed by atoms with Gasteiger partial charge in [0, 0.05) is 17.4 Å². The van der Waals surface area contributed by atoms with Crippen LogP contribution >= 0.6 is 0 Å². The highest BCUT2D eigenvalue weighted by Gasteiger charge is 2.22. The number of rotatable bonds is 3. The van der Waals surface area contributed by atoms with E-state index < -0.39 is 5.91 Å². The van der Waals surface area contributed by atoms with Crippen molar-refractivity contribution in [2.45, 2.75) is 25.7 Å². The number of nitrogens with one attached hydrogen (secondary N) is 3. The van der Waals surface area contributed by atoms with Gasteiger partial charge in [-0.3, -0.25) is 9.89 Å². The minimum Gasteiger partial charge on any atom is -0.351 e. The van der Waals surface area contributed by atoms with E-state index in [1.165, 1.54) is 0 Å². The molecule has 1 amide bonds. The predicted molar refractivity (Wildman–Crippen MR) is 94.8 cm³/mol. The molecule has 0 radical (unpaired) electrons. The summed E-state index contributed by atoms with van der Waals surface area (Å²) in [5.41, 5.74) is 2.90. The lowest BCUT2D eigenvalue weighted by Gasteiger charge is -2.19. The van der Waals surface area contributed by atoms with Crippen LogP contribution in [0.5, 0.6) is 0 Å². The highest BCUT2D eigenvalue weighted by atomic mass is 16.5. The quantitative estimate of drug-likeness (QED) is 0.667. The Morgan fingerprint density at radius 2 is 2.15 bits per heavy atom. The van der Waals surface area contributed by atoms with E-state index in [0.29, 0.717) is 22.8 Å². The molecule has 0 spiro atoms. The van der Waals surface area contributed by atoms with Crippen molar-refractivity contribution in [3.63, 3.8) is 0 Å². The predicted octanol–water partition coefficient (Wildman–Crippen LogP) is 2.45. The van der Waals surface area contributed by atoms with Gasteiger partial charge in [-0.25, -0.2) is 0 Å². The monoisotopic (exact) mass is 350 g/mol. The standard InChI is InChI=1S/C18H18N6O2/c1-10-6-13-15(7-12(10)9-19)22-23-17(13)21-18(25)16-8-14(24-26-16)11-2-4-20-5-3-11/h6-8,11,20H,2-5H2,1H3,(H2,21,22,23,25). The van der Waals surface area contributed by atoms with E-state index in [-0.39, 0.29) is 5.76 Å². The van der Waals surface area contributed by atoms with Gasteiger partial charge in [0.1, 0.15) is 0 Å². The maximum absolute atomic E-state index is 12.5. The summed E-state index contributed by atoms with van der Waals surface area (Å²) < 4.78 is 5.24. The third-order valence-electron chi connectivity index (χ3n) is 4.77.